The summed E-state index contributed by atoms with van der Waals surface area (Å²) in [6.45, 7) is 2.83. The fourth-order valence-electron chi connectivity index (χ4n) is 2.73. The van der Waals surface area contributed by atoms with Crippen LogP contribution < -0.4 is 0 Å². The molecule has 31 heavy (non-hydrogen) atoms. The van der Waals surface area contributed by atoms with Crippen LogP contribution in [-0.2, 0) is 29.4 Å². The number of hydrogen-bond acceptors (Lipinski definition) is 2. The second kappa shape index (κ2) is 8.99. The van der Waals surface area contributed by atoms with Crippen molar-refractivity contribution in [2.45, 2.75) is 51.5 Å². The summed E-state index contributed by atoms with van der Waals surface area (Å²) < 4.78 is 160. The topological polar surface area (TPSA) is 40.5 Å². The third-order valence-corrected chi connectivity index (χ3v) is 4.17. The molecule has 0 saturated heterocycles. The Morgan fingerprint density at radius 2 is 1.03 bits per heavy atom. The van der Waals surface area contributed by atoms with E-state index in [1.54, 1.807) is 0 Å². The van der Waals surface area contributed by atoms with Crippen molar-refractivity contribution in [3.05, 3.63) is 34.1 Å². The summed E-state index contributed by atoms with van der Waals surface area (Å²) in [5, 5.41) is 19.8. The normalized spacial score (nSPS) is 16.5. The number of aliphatic hydroxyl groups is 2. The zero-order chi connectivity index (χ0) is 24.2. The van der Waals surface area contributed by atoms with Crippen LogP contribution in [0, 0.1) is 28.8 Å². The zero-order valence-corrected chi connectivity index (χ0v) is 16.6. The summed E-state index contributed by atoms with van der Waals surface area (Å²) >= 11 is 0. The monoisotopic (exact) mass is 522 g/mol. The van der Waals surface area contributed by atoms with Crippen molar-refractivity contribution >= 4 is 0 Å². The summed E-state index contributed by atoms with van der Waals surface area (Å²) in [6.07, 6.45) is -24.8. The molecule has 1 rings (SSSR count). The van der Waals surface area contributed by atoms with E-state index in [1.807, 2.05) is 0 Å². The Labute approximate surface area is 177 Å². The predicted octanol–water partition coefficient (Wildman–Crippen LogP) is 5.76. The van der Waals surface area contributed by atoms with Crippen LogP contribution in [0.1, 0.15) is 43.6 Å². The van der Waals surface area contributed by atoms with E-state index in [-0.39, 0.29) is 17.1 Å². The van der Waals surface area contributed by atoms with Gasteiger partial charge in [-0.15, -0.1) is 0 Å². The number of hydrogen-bond donors (Lipinski definition) is 2. The fourth-order valence-corrected chi connectivity index (χ4v) is 2.73. The van der Waals surface area contributed by atoms with Crippen LogP contribution in [-0.4, -0.2) is 22.5 Å². The van der Waals surface area contributed by atoms with Crippen LogP contribution in [0.2, 0.25) is 0 Å². The molecule has 3 atom stereocenters. The molecule has 3 unspecified atom stereocenters. The van der Waals surface area contributed by atoms with Crippen LogP contribution in [0.25, 0.3) is 0 Å². The van der Waals surface area contributed by atoms with Crippen molar-refractivity contribution in [1.29, 1.82) is 0 Å². The van der Waals surface area contributed by atoms with Gasteiger partial charge in [0.2, 0.25) is 0 Å². The van der Waals surface area contributed by atoms with E-state index in [4.69, 9.17) is 0 Å². The molecule has 0 saturated carbocycles. The van der Waals surface area contributed by atoms with Gasteiger partial charge in [0.1, 0.15) is 17.0 Å². The molecule has 1 aromatic rings. The Bertz CT molecular complexity index is 792. The quantitative estimate of drug-likeness (QED) is 0.302. The Hall–Kier alpha value is -1.18. The minimum Gasteiger partial charge on any atom is -0.392 e. The van der Waals surface area contributed by atoms with E-state index < -0.39 is 76.2 Å². The third kappa shape index (κ3) is 5.99. The van der Waals surface area contributed by atoms with Gasteiger partial charge in [-0.2, -0.15) is 39.5 Å². The average Bonchev–Trinajstić information content (AvgIpc) is 2.45. The van der Waals surface area contributed by atoms with Crippen molar-refractivity contribution in [3.63, 3.8) is 0 Å². The first-order chi connectivity index (χ1) is 13.0. The Balaban J connectivity index is 0.00000900. The summed E-state index contributed by atoms with van der Waals surface area (Å²) in [7, 11) is 0. The first-order valence-electron chi connectivity index (χ1n) is 7.82. The van der Waals surface area contributed by atoms with Crippen LogP contribution in [0.3, 0.4) is 0 Å². The maximum absolute atomic E-state index is 14.2. The van der Waals surface area contributed by atoms with Gasteiger partial charge < -0.3 is 10.2 Å². The van der Waals surface area contributed by atoms with Crippen LogP contribution in [0.15, 0.2) is 0 Å². The minimum absolute atomic E-state index is 0. The van der Waals surface area contributed by atoms with Crippen molar-refractivity contribution in [3.8, 4) is 0 Å². The first kappa shape index (κ1) is 29.8. The molecule has 0 fully saturated rings. The number of halogens is 12. The summed E-state index contributed by atoms with van der Waals surface area (Å²) in [5.41, 5.74) is -11.1. The number of rotatable bonds is 3. The van der Waals surface area contributed by atoms with Gasteiger partial charge in [-0.1, -0.05) is 20.8 Å². The second-order valence-corrected chi connectivity index (χ2v) is 7.42. The zero-order valence-electron chi connectivity index (χ0n) is 15.5. The summed E-state index contributed by atoms with van der Waals surface area (Å²) in [4.78, 5) is 0. The first-order valence-corrected chi connectivity index (χ1v) is 7.82. The molecule has 0 bridgehead atoms. The smallest absolute Gasteiger partial charge is 0.392 e. The summed E-state index contributed by atoms with van der Waals surface area (Å²) in [6, 6.07) is 0. The average molecular weight is 522 g/mol. The molecule has 0 aliphatic rings. The van der Waals surface area contributed by atoms with E-state index in [2.05, 4.69) is 0 Å². The van der Waals surface area contributed by atoms with Crippen LogP contribution in [0.5, 0.6) is 0 Å². The molecule has 0 aliphatic carbocycles. The number of alkyl halides is 9. The molecule has 2 nitrogen and oxygen atoms in total. The maximum Gasteiger partial charge on any atom is 0.422 e. The molecule has 0 heterocycles. The van der Waals surface area contributed by atoms with Gasteiger partial charge in [-0.3, -0.25) is 0 Å². The van der Waals surface area contributed by atoms with Gasteiger partial charge in [-0.05, 0) is 5.41 Å². The minimum atomic E-state index is -6.27. The molecule has 0 aliphatic heterocycles. The van der Waals surface area contributed by atoms with Gasteiger partial charge in [0, 0.05) is 22.6 Å². The second-order valence-electron chi connectivity index (χ2n) is 7.42. The van der Waals surface area contributed by atoms with Gasteiger partial charge in [0.15, 0.2) is 17.5 Å². The van der Waals surface area contributed by atoms with E-state index in [9.17, 15) is 62.9 Å². The van der Waals surface area contributed by atoms with Crippen molar-refractivity contribution in [1.82, 2.24) is 0 Å². The van der Waals surface area contributed by atoms with Gasteiger partial charge >= 0.3 is 18.5 Å². The van der Waals surface area contributed by atoms with E-state index in [0.717, 1.165) is 20.8 Å². The summed E-state index contributed by atoms with van der Waals surface area (Å²) in [5.74, 6) is -13.5. The van der Waals surface area contributed by atoms with Gasteiger partial charge in [0.25, 0.3) is 0 Å². The molecule has 0 radical (unpaired) electrons. The van der Waals surface area contributed by atoms with E-state index in [1.165, 1.54) is 0 Å². The number of benzene rings is 1. The molecule has 0 spiro atoms. The molecular formula is C16H14F12FeO2. The Morgan fingerprint density at radius 1 is 0.645 bits per heavy atom. The molecular weight excluding hydrogens is 508 g/mol. The van der Waals surface area contributed by atoms with E-state index >= 15 is 0 Å². The van der Waals surface area contributed by atoms with E-state index in [0.29, 0.717) is 0 Å². The Kier molecular flexibility index (Phi) is 8.64. The standard InChI is InChI=1S/C16H14F12O2.Fe/c1-13(2,3)12(30)7(16(26,27)28)11(29)4-5(14(20,21)22)9(18)6(15(23,24)25)10(19)8(4)17;/h7,11-12,29-30H,1-3H3;. The largest absolute Gasteiger partial charge is 0.422 e. The molecule has 0 aromatic heterocycles. The maximum atomic E-state index is 14.2. The molecule has 0 amide bonds. The SMILES string of the molecule is CC(C)(C)C(O)C(C(O)c1c(F)c(F)c(C(F)(F)F)c(F)c1C(F)(F)F)C(F)(F)F.[Fe]. The molecule has 15 heteroatoms. The number of aliphatic hydroxyl groups excluding tert-OH is 2. The van der Waals surface area contributed by atoms with Gasteiger partial charge in [0.05, 0.1) is 12.2 Å². The third-order valence-electron chi connectivity index (χ3n) is 4.17. The predicted molar refractivity (Wildman–Crippen MR) is 76.3 cm³/mol. The van der Waals surface area contributed by atoms with Crippen LogP contribution >= 0.6 is 0 Å². The molecule has 182 valence electrons. The van der Waals surface area contributed by atoms with Crippen molar-refractivity contribution < 1.29 is 80.0 Å². The Morgan fingerprint density at radius 3 is 1.32 bits per heavy atom. The van der Waals surface area contributed by atoms with Crippen LogP contribution in [0.4, 0.5) is 52.7 Å². The van der Waals surface area contributed by atoms with Gasteiger partial charge in [-0.25, -0.2) is 13.2 Å². The van der Waals surface area contributed by atoms with Crippen molar-refractivity contribution in [2.75, 3.05) is 0 Å². The molecule has 1 aromatic carbocycles. The fraction of sp³-hybridized carbons (Fsp3) is 0.625. The molecule has 2 N–H and O–H groups in total. The van der Waals surface area contributed by atoms with Crippen molar-refractivity contribution in [2.24, 2.45) is 11.3 Å².